The molecular weight excluding hydrogens is 344 g/mol. The number of ether oxygens (including phenoxy) is 1. The maximum Gasteiger partial charge on any atom is 0.318 e. The van der Waals surface area contributed by atoms with E-state index in [1.165, 1.54) is 12.2 Å². The molecule has 0 atom stereocenters. The van der Waals surface area contributed by atoms with Crippen molar-refractivity contribution < 1.29 is 22.5 Å². The minimum atomic E-state index is -4.24. The zero-order chi connectivity index (χ0) is 18.1. The molecule has 3 rings (SSSR count). The lowest BCUT2D eigenvalue weighted by molar-refractivity contribution is 0.185. The van der Waals surface area contributed by atoms with Gasteiger partial charge in [0.15, 0.2) is 0 Å². The number of hydrogen-bond acceptors (Lipinski definition) is 4. The van der Waals surface area contributed by atoms with Gasteiger partial charge < -0.3 is 15.0 Å². The largest absolute Gasteiger partial charge is 0.493 e. The summed E-state index contributed by atoms with van der Waals surface area (Å²) in [4.78, 5) is 14.0. The number of amides is 2. The molecule has 1 aliphatic carbocycles. The lowest BCUT2D eigenvalue weighted by Crippen LogP contribution is -2.47. The van der Waals surface area contributed by atoms with E-state index >= 15 is 0 Å². The number of hydrogen-bond donors (Lipinski definition) is 2. The van der Waals surface area contributed by atoms with Crippen LogP contribution in [-0.2, 0) is 15.7 Å². The highest BCUT2D eigenvalue weighted by atomic mass is 32.2. The van der Waals surface area contributed by atoms with Gasteiger partial charge in [0.1, 0.15) is 16.5 Å². The minimum absolute atomic E-state index is 0.245. The standard InChI is InChI=1S/C17H20N2O5S/c1-2-24-15-6-4-3-5-14(15)17(19-12-11-18-16(19)20)9-7-13(8-10-17)25(21,22)23/h3-10,13H,2,11-12H2,1H3,(H,18,20)(H,21,22,23). The van der Waals surface area contributed by atoms with Crippen molar-refractivity contribution in [1.82, 2.24) is 10.2 Å². The Kier molecular flexibility index (Phi) is 4.57. The summed E-state index contributed by atoms with van der Waals surface area (Å²) in [6.07, 6.45) is 6.05. The van der Waals surface area contributed by atoms with Gasteiger partial charge in [0.05, 0.1) is 6.61 Å². The molecule has 1 saturated heterocycles. The van der Waals surface area contributed by atoms with Crippen LogP contribution in [0, 0.1) is 0 Å². The SMILES string of the molecule is CCOc1ccccc1C1(N2CCNC2=O)C=CC(S(=O)(=O)O)C=C1. The summed E-state index contributed by atoms with van der Waals surface area (Å²) in [6, 6.07) is 7.09. The molecule has 7 nitrogen and oxygen atoms in total. The average Bonchev–Trinajstić information content (AvgIpc) is 3.01. The highest BCUT2D eigenvalue weighted by Crippen LogP contribution is 2.41. The molecule has 0 aromatic heterocycles. The topological polar surface area (TPSA) is 95.9 Å². The van der Waals surface area contributed by atoms with Gasteiger partial charge in [0.25, 0.3) is 10.1 Å². The Hall–Kier alpha value is -2.32. The van der Waals surface area contributed by atoms with Gasteiger partial charge in [-0.3, -0.25) is 4.55 Å². The molecule has 1 heterocycles. The first-order chi connectivity index (χ1) is 11.9. The monoisotopic (exact) mass is 364 g/mol. The van der Waals surface area contributed by atoms with Crippen LogP contribution < -0.4 is 10.1 Å². The van der Waals surface area contributed by atoms with Crippen molar-refractivity contribution in [2.75, 3.05) is 19.7 Å². The van der Waals surface area contributed by atoms with Gasteiger partial charge in [-0.2, -0.15) is 8.42 Å². The molecule has 134 valence electrons. The van der Waals surface area contributed by atoms with Crippen molar-refractivity contribution in [3.63, 3.8) is 0 Å². The minimum Gasteiger partial charge on any atom is -0.493 e. The van der Waals surface area contributed by atoms with Crippen molar-refractivity contribution in [1.29, 1.82) is 0 Å². The summed E-state index contributed by atoms with van der Waals surface area (Å²) in [6.45, 7) is 3.29. The zero-order valence-electron chi connectivity index (χ0n) is 13.8. The van der Waals surface area contributed by atoms with Gasteiger partial charge in [0.2, 0.25) is 0 Å². The van der Waals surface area contributed by atoms with Crippen LogP contribution in [0.5, 0.6) is 5.75 Å². The van der Waals surface area contributed by atoms with Crippen molar-refractivity contribution in [3.8, 4) is 5.75 Å². The fourth-order valence-electron chi connectivity index (χ4n) is 3.21. The summed E-state index contributed by atoms with van der Waals surface area (Å²) < 4.78 is 37.9. The lowest BCUT2D eigenvalue weighted by Gasteiger charge is -2.39. The van der Waals surface area contributed by atoms with Gasteiger partial charge in [-0.1, -0.05) is 42.5 Å². The van der Waals surface area contributed by atoms with Gasteiger partial charge >= 0.3 is 6.03 Å². The predicted molar refractivity (Wildman–Crippen MR) is 93.0 cm³/mol. The molecule has 25 heavy (non-hydrogen) atoms. The Morgan fingerprint density at radius 1 is 1.32 bits per heavy atom. The molecule has 1 fully saturated rings. The molecule has 0 unspecified atom stereocenters. The normalized spacial score (nSPS) is 25.9. The first-order valence-electron chi connectivity index (χ1n) is 8.01. The highest BCUT2D eigenvalue weighted by Gasteiger charge is 2.43. The quantitative estimate of drug-likeness (QED) is 0.612. The third-order valence-corrected chi connectivity index (χ3v) is 5.35. The summed E-state index contributed by atoms with van der Waals surface area (Å²) in [7, 11) is -4.24. The number of nitrogens with one attached hydrogen (secondary N) is 1. The fourth-order valence-corrected chi connectivity index (χ4v) is 3.76. The third kappa shape index (κ3) is 3.14. The maximum atomic E-state index is 12.3. The van der Waals surface area contributed by atoms with Crippen LogP contribution in [0.3, 0.4) is 0 Å². The molecule has 1 aliphatic heterocycles. The van der Waals surface area contributed by atoms with Gasteiger partial charge in [-0.05, 0) is 13.0 Å². The van der Waals surface area contributed by atoms with Crippen molar-refractivity contribution in [2.45, 2.75) is 17.7 Å². The van der Waals surface area contributed by atoms with E-state index in [2.05, 4.69) is 5.32 Å². The Morgan fingerprint density at radius 3 is 2.56 bits per heavy atom. The molecular formula is C17H20N2O5S. The number of nitrogens with zero attached hydrogens (tertiary/aromatic N) is 1. The molecule has 1 aromatic carbocycles. The van der Waals surface area contributed by atoms with Gasteiger partial charge in [0, 0.05) is 18.7 Å². The van der Waals surface area contributed by atoms with Crippen molar-refractivity contribution >= 4 is 16.1 Å². The molecule has 0 spiro atoms. The smallest absolute Gasteiger partial charge is 0.318 e. The molecule has 1 aromatic rings. The van der Waals surface area contributed by atoms with Crippen LogP contribution in [-0.4, -0.2) is 48.8 Å². The van der Waals surface area contributed by atoms with E-state index in [0.29, 0.717) is 25.4 Å². The highest BCUT2D eigenvalue weighted by molar-refractivity contribution is 7.86. The predicted octanol–water partition coefficient (Wildman–Crippen LogP) is 1.69. The second-order valence-corrected chi connectivity index (χ2v) is 7.41. The Balaban J connectivity index is 2.13. The van der Waals surface area contributed by atoms with E-state index < -0.39 is 20.9 Å². The second-order valence-electron chi connectivity index (χ2n) is 5.84. The summed E-state index contributed by atoms with van der Waals surface area (Å²) in [5.74, 6) is 0.615. The van der Waals surface area contributed by atoms with Crippen LogP contribution in [0.25, 0.3) is 0 Å². The molecule has 0 radical (unpaired) electrons. The summed E-state index contributed by atoms with van der Waals surface area (Å²) in [5.41, 5.74) is -0.247. The number of rotatable bonds is 5. The van der Waals surface area contributed by atoms with E-state index in [9.17, 15) is 17.8 Å². The van der Waals surface area contributed by atoms with Crippen LogP contribution in [0.1, 0.15) is 12.5 Å². The molecule has 0 saturated carbocycles. The fraction of sp³-hybridized carbons (Fsp3) is 0.353. The Morgan fingerprint density at radius 2 is 2.00 bits per heavy atom. The molecule has 2 amide bonds. The lowest BCUT2D eigenvalue weighted by atomic mass is 9.83. The maximum absolute atomic E-state index is 12.3. The number of carbonyl (C=O) groups excluding carboxylic acids is 1. The Bertz CT molecular complexity index is 817. The number of benzene rings is 1. The first-order valence-corrected chi connectivity index (χ1v) is 9.51. The van der Waals surface area contributed by atoms with E-state index in [-0.39, 0.29) is 6.03 Å². The number of para-hydroxylation sites is 1. The van der Waals surface area contributed by atoms with E-state index in [0.717, 1.165) is 5.56 Å². The first kappa shape index (κ1) is 17.5. The number of urea groups is 1. The van der Waals surface area contributed by atoms with Crippen molar-refractivity contribution in [3.05, 3.63) is 54.1 Å². The van der Waals surface area contributed by atoms with E-state index in [1.807, 2.05) is 31.2 Å². The number of carbonyl (C=O) groups is 1. The average molecular weight is 364 g/mol. The van der Waals surface area contributed by atoms with E-state index in [1.54, 1.807) is 17.1 Å². The summed E-state index contributed by atoms with van der Waals surface area (Å²) >= 11 is 0. The third-order valence-electron chi connectivity index (χ3n) is 4.35. The molecule has 2 aliphatic rings. The second kappa shape index (κ2) is 6.53. The van der Waals surface area contributed by atoms with Crippen LogP contribution in [0.2, 0.25) is 0 Å². The molecule has 0 bridgehead atoms. The van der Waals surface area contributed by atoms with Crippen LogP contribution in [0.15, 0.2) is 48.6 Å². The summed E-state index contributed by atoms with van der Waals surface area (Å²) in [5, 5.41) is 1.63. The van der Waals surface area contributed by atoms with Crippen LogP contribution in [0.4, 0.5) is 4.79 Å². The van der Waals surface area contributed by atoms with Gasteiger partial charge in [-0.25, -0.2) is 4.79 Å². The van der Waals surface area contributed by atoms with Crippen LogP contribution >= 0.6 is 0 Å². The molecule has 8 heteroatoms. The van der Waals surface area contributed by atoms with E-state index in [4.69, 9.17) is 4.74 Å². The van der Waals surface area contributed by atoms with Crippen molar-refractivity contribution in [2.24, 2.45) is 0 Å². The Labute approximate surface area is 146 Å². The zero-order valence-corrected chi connectivity index (χ0v) is 14.6. The van der Waals surface area contributed by atoms with Gasteiger partial charge in [-0.15, -0.1) is 0 Å². The molecule has 2 N–H and O–H groups in total.